The van der Waals surface area contributed by atoms with Crippen molar-refractivity contribution in [3.05, 3.63) is 66.1 Å². The minimum Gasteiger partial charge on any atom is -0.461 e. The van der Waals surface area contributed by atoms with E-state index in [-0.39, 0.29) is 17.2 Å². The third-order valence-electron chi connectivity index (χ3n) is 3.82. The average molecular weight is 388 g/mol. The van der Waals surface area contributed by atoms with Crippen LogP contribution in [0.5, 0.6) is 0 Å². The first-order valence-electron chi connectivity index (χ1n) is 8.13. The summed E-state index contributed by atoms with van der Waals surface area (Å²) in [5.41, 5.74) is 1.62. The van der Waals surface area contributed by atoms with Crippen molar-refractivity contribution in [1.82, 2.24) is 9.78 Å². The maximum absolute atomic E-state index is 13.7. The summed E-state index contributed by atoms with van der Waals surface area (Å²) >= 11 is 0. The van der Waals surface area contributed by atoms with Gasteiger partial charge < -0.3 is 4.74 Å². The highest BCUT2D eigenvalue weighted by Gasteiger charge is 2.18. The van der Waals surface area contributed by atoms with Gasteiger partial charge in [-0.1, -0.05) is 18.2 Å². The van der Waals surface area contributed by atoms with E-state index in [1.54, 1.807) is 25.1 Å². The Balaban J connectivity index is 2.14. The minimum absolute atomic E-state index is 0.0725. The second kappa shape index (κ2) is 7.32. The van der Waals surface area contributed by atoms with Crippen LogP contribution in [0.3, 0.4) is 0 Å². The number of benzene rings is 2. The number of rotatable bonds is 5. The molecule has 0 aliphatic rings. The second-order valence-corrected chi connectivity index (χ2v) is 7.84. The topological polar surface area (TPSA) is 78.3 Å². The Hall–Kier alpha value is -3.00. The van der Waals surface area contributed by atoms with Gasteiger partial charge in [0.2, 0.25) is 0 Å². The van der Waals surface area contributed by atoms with E-state index in [4.69, 9.17) is 4.74 Å². The molecule has 0 unspecified atom stereocenters. The Bertz CT molecular complexity index is 1090. The molecule has 0 N–H and O–H groups in total. The SMILES string of the molecule is CCOC(=O)c1cc(-c2ccc(S(C)(=O)=O)cc2)n(-c2cccc(F)c2)n1. The molecule has 27 heavy (non-hydrogen) atoms. The van der Waals surface area contributed by atoms with Gasteiger partial charge in [0.1, 0.15) is 5.82 Å². The number of halogens is 1. The van der Waals surface area contributed by atoms with E-state index in [0.29, 0.717) is 16.9 Å². The second-order valence-electron chi connectivity index (χ2n) is 5.82. The third kappa shape index (κ3) is 4.06. The van der Waals surface area contributed by atoms with E-state index in [1.807, 2.05) is 0 Å². The molecule has 0 spiro atoms. The lowest BCUT2D eigenvalue weighted by molar-refractivity contribution is 0.0519. The predicted molar refractivity (Wildman–Crippen MR) is 98.0 cm³/mol. The number of carbonyl (C=O) groups is 1. The lowest BCUT2D eigenvalue weighted by Crippen LogP contribution is -2.07. The smallest absolute Gasteiger partial charge is 0.358 e. The lowest BCUT2D eigenvalue weighted by Gasteiger charge is -2.08. The summed E-state index contributed by atoms with van der Waals surface area (Å²) in [6.45, 7) is 1.89. The van der Waals surface area contributed by atoms with Gasteiger partial charge in [-0.3, -0.25) is 0 Å². The molecule has 0 atom stereocenters. The molecule has 0 amide bonds. The Labute approximate surface area is 156 Å². The van der Waals surface area contributed by atoms with Gasteiger partial charge in [-0.15, -0.1) is 0 Å². The minimum atomic E-state index is -3.33. The normalized spacial score (nSPS) is 11.4. The number of esters is 1. The van der Waals surface area contributed by atoms with Crippen molar-refractivity contribution in [3.63, 3.8) is 0 Å². The summed E-state index contributed by atoms with van der Waals surface area (Å²) in [6.07, 6.45) is 1.12. The number of sulfone groups is 1. The Morgan fingerprint density at radius 1 is 1.15 bits per heavy atom. The monoisotopic (exact) mass is 388 g/mol. The quantitative estimate of drug-likeness (QED) is 0.627. The van der Waals surface area contributed by atoms with Crippen molar-refractivity contribution in [2.24, 2.45) is 0 Å². The fourth-order valence-corrected chi connectivity index (χ4v) is 3.20. The first-order chi connectivity index (χ1) is 12.8. The molecule has 2 aromatic carbocycles. The predicted octanol–water partition coefficient (Wildman–Crippen LogP) is 3.26. The molecule has 6 nitrogen and oxygen atoms in total. The number of hydrogen-bond acceptors (Lipinski definition) is 5. The molecule has 0 aliphatic carbocycles. The highest BCUT2D eigenvalue weighted by molar-refractivity contribution is 7.90. The molecule has 140 valence electrons. The van der Waals surface area contributed by atoms with E-state index in [9.17, 15) is 17.6 Å². The molecule has 0 radical (unpaired) electrons. The molecule has 3 rings (SSSR count). The van der Waals surface area contributed by atoms with Crippen LogP contribution in [0.2, 0.25) is 0 Å². The molecule has 0 bridgehead atoms. The van der Waals surface area contributed by atoms with Crippen molar-refractivity contribution in [3.8, 4) is 16.9 Å². The van der Waals surface area contributed by atoms with Crippen LogP contribution < -0.4 is 0 Å². The van der Waals surface area contributed by atoms with Gasteiger partial charge in [0.05, 0.1) is 22.9 Å². The maximum atomic E-state index is 13.7. The van der Waals surface area contributed by atoms with Gasteiger partial charge in [0.15, 0.2) is 15.5 Å². The van der Waals surface area contributed by atoms with Gasteiger partial charge in [0.25, 0.3) is 0 Å². The molecule has 0 fully saturated rings. The largest absolute Gasteiger partial charge is 0.461 e. The third-order valence-corrected chi connectivity index (χ3v) is 4.95. The van der Waals surface area contributed by atoms with Crippen molar-refractivity contribution in [2.45, 2.75) is 11.8 Å². The average Bonchev–Trinajstić information content (AvgIpc) is 3.07. The van der Waals surface area contributed by atoms with E-state index in [2.05, 4.69) is 5.10 Å². The molecule has 8 heteroatoms. The summed E-state index contributed by atoms with van der Waals surface area (Å²) in [5, 5.41) is 4.24. The van der Waals surface area contributed by atoms with Crippen molar-refractivity contribution in [1.29, 1.82) is 0 Å². The summed E-state index contributed by atoms with van der Waals surface area (Å²) in [6, 6.07) is 13.5. The highest BCUT2D eigenvalue weighted by atomic mass is 32.2. The molecular weight excluding hydrogens is 371 g/mol. The summed E-state index contributed by atoms with van der Waals surface area (Å²) in [7, 11) is -3.33. The van der Waals surface area contributed by atoms with Crippen LogP contribution in [-0.2, 0) is 14.6 Å². The zero-order valence-electron chi connectivity index (χ0n) is 14.7. The molecule has 0 saturated heterocycles. The van der Waals surface area contributed by atoms with Gasteiger partial charge in [0, 0.05) is 11.8 Å². The van der Waals surface area contributed by atoms with Crippen molar-refractivity contribution in [2.75, 3.05) is 12.9 Å². The number of ether oxygens (including phenoxy) is 1. The zero-order chi connectivity index (χ0) is 19.6. The van der Waals surface area contributed by atoms with Crippen LogP contribution >= 0.6 is 0 Å². The maximum Gasteiger partial charge on any atom is 0.358 e. The summed E-state index contributed by atoms with van der Waals surface area (Å²) in [4.78, 5) is 12.2. The van der Waals surface area contributed by atoms with Crippen LogP contribution in [-0.4, -0.2) is 37.0 Å². The van der Waals surface area contributed by atoms with Gasteiger partial charge in [-0.2, -0.15) is 5.10 Å². The van der Waals surface area contributed by atoms with Gasteiger partial charge in [-0.05, 0) is 43.3 Å². The van der Waals surface area contributed by atoms with E-state index in [0.717, 1.165) is 6.26 Å². The molecular formula is C19H17FN2O4S. The lowest BCUT2D eigenvalue weighted by atomic mass is 10.1. The van der Waals surface area contributed by atoms with Crippen LogP contribution in [0.1, 0.15) is 17.4 Å². The fourth-order valence-electron chi connectivity index (χ4n) is 2.57. The van der Waals surface area contributed by atoms with Crippen molar-refractivity contribution >= 4 is 15.8 Å². The van der Waals surface area contributed by atoms with E-state index < -0.39 is 21.6 Å². The Kier molecular flexibility index (Phi) is 5.09. The Morgan fingerprint density at radius 3 is 2.44 bits per heavy atom. The first kappa shape index (κ1) is 18.8. The van der Waals surface area contributed by atoms with Gasteiger partial charge in [-0.25, -0.2) is 22.3 Å². The van der Waals surface area contributed by atoms with Crippen LogP contribution in [0.4, 0.5) is 4.39 Å². The zero-order valence-corrected chi connectivity index (χ0v) is 15.5. The number of hydrogen-bond donors (Lipinski definition) is 0. The van der Waals surface area contributed by atoms with Gasteiger partial charge >= 0.3 is 5.97 Å². The van der Waals surface area contributed by atoms with Crippen LogP contribution in [0, 0.1) is 5.82 Å². The Morgan fingerprint density at radius 2 is 1.85 bits per heavy atom. The summed E-state index contributed by atoms with van der Waals surface area (Å²) < 4.78 is 43.4. The molecule has 1 aromatic heterocycles. The highest BCUT2D eigenvalue weighted by Crippen LogP contribution is 2.26. The van der Waals surface area contributed by atoms with Crippen LogP contribution in [0.15, 0.2) is 59.5 Å². The summed E-state index contributed by atoms with van der Waals surface area (Å²) in [5.74, 6) is -1.04. The van der Waals surface area contributed by atoms with Crippen LogP contribution in [0.25, 0.3) is 16.9 Å². The molecule has 0 saturated carbocycles. The molecule has 1 heterocycles. The van der Waals surface area contributed by atoms with E-state index >= 15 is 0 Å². The van der Waals surface area contributed by atoms with Crippen molar-refractivity contribution < 1.29 is 22.3 Å². The standard InChI is InChI=1S/C19H17FN2O4S/c1-3-26-19(23)17-12-18(13-7-9-16(10-8-13)27(2,24)25)22(21-17)15-6-4-5-14(20)11-15/h4-12H,3H2,1-2H3. The first-order valence-corrected chi connectivity index (χ1v) is 10.0. The molecule has 0 aliphatic heterocycles. The number of aromatic nitrogens is 2. The number of nitrogens with zero attached hydrogens (tertiary/aromatic N) is 2. The number of carbonyl (C=O) groups excluding carboxylic acids is 1. The molecule has 3 aromatic rings. The van der Waals surface area contributed by atoms with E-state index in [1.165, 1.54) is 41.1 Å². The fraction of sp³-hybridized carbons (Fsp3) is 0.158.